The summed E-state index contributed by atoms with van der Waals surface area (Å²) in [6.45, 7) is 27.1. The van der Waals surface area contributed by atoms with E-state index in [0.29, 0.717) is 115 Å². The molecule has 2 aliphatic heterocycles. The highest BCUT2D eigenvalue weighted by Gasteiger charge is 2.26. The monoisotopic (exact) mass is 1380 g/mol. The molecule has 3 aromatic carbocycles. The summed E-state index contributed by atoms with van der Waals surface area (Å²) in [5, 5.41) is 33.1. The molecule has 17 rings (SSSR count). The molecular weight excluding hydrogens is 1320 g/mol. The molecule has 14 heterocycles. The number of anilines is 3. The van der Waals surface area contributed by atoms with E-state index < -0.39 is 0 Å². The zero-order valence-corrected chi connectivity index (χ0v) is 56.3. The van der Waals surface area contributed by atoms with Crippen molar-refractivity contribution in [1.29, 1.82) is 0 Å². The van der Waals surface area contributed by atoms with Gasteiger partial charge < -0.3 is 50.5 Å². The number of nitrogens with zero attached hydrogens (tertiary/aromatic N) is 19. The molecule has 0 unspecified atom stereocenters. The summed E-state index contributed by atoms with van der Waals surface area (Å²) in [6.07, 6.45) is 17.0. The van der Waals surface area contributed by atoms with Crippen molar-refractivity contribution in [3.05, 3.63) is 181 Å². The predicted octanol–water partition coefficient (Wildman–Crippen LogP) is 12.5. The Labute approximate surface area is 591 Å². The van der Waals surface area contributed by atoms with Gasteiger partial charge in [0.15, 0.2) is 34.4 Å². The van der Waals surface area contributed by atoms with Crippen molar-refractivity contribution < 1.29 is 14.4 Å². The van der Waals surface area contributed by atoms with Gasteiger partial charge in [-0.2, -0.15) is 15.3 Å². The number of likely N-dealkylation sites (N-methyl/N-ethyl adjacent to an activating group) is 1. The fourth-order valence-electron chi connectivity index (χ4n) is 12.4. The van der Waals surface area contributed by atoms with Crippen LogP contribution in [0.15, 0.2) is 147 Å². The van der Waals surface area contributed by atoms with E-state index >= 15 is 0 Å². The summed E-state index contributed by atoms with van der Waals surface area (Å²) in [7, 11) is 7.47. The molecule has 0 spiro atoms. The van der Waals surface area contributed by atoms with E-state index in [4.69, 9.17) is 19.7 Å². The molecule has 2 fully saturated rings. The lowest BCUT2D eigenvalue weighted by atomic mass is 9.96. The van der Waals surface area contributed by atoms with Crippen LogP contribution < -0.4 is 16.0 Å². The quantitative estimate of drug-likeness (QED) is 0.0574. The minimum Gasteiger partial charge on any atom is -0.338 e. The van der Waals surface area contributed by atoms with Crippen LogP contribution in [0.3, 0.4) is 0 Å². The number of fused-ring (bicyclic) bond motifs is 6. The molecule has 0 bridgehead atoms. The first kappa shape index (κ1) is 65.7. The van der Waals surface area contributed by atoms with E-state index in [-0.39, 0.29) is 23.9 Å². The van der Waals surface area contributed by atoms with E-state index in [0.717, 1.165) is 105 Å². The Hall–Kier alpha value is -14.2. The number of piperazine rings is 1. The minimum atomic E-state index is -0.238. The Bertz CT molecular complexity index is 5700. The topological polar surface area (TPSA) is 363 Å². The minimum absolute atomic E-state index is 0.0172. The summed E-state index contributed by atoms with van der Waals surface area (Å²) in [5.74, 6) is 1.79. The summed E-state index contributed by atoms with van der Waals surface area (Å²) in [4.78, 5) is 106. The number of H-pyrrole nitrogens is 6. The number of aromatic amines is 6. The highest BCUT2D eigenvalue weighted by Crippen LogP contribution is 2.37. The van der Waals surface area contributed by atoms with Crippen molar-refractivity contribution >= 4 is 118 Å². The maximum atomic E-state index is 12.8. The smallest absolute Gasteiger partial charge is 0.321 e. The molecule has 31 nitrogen and oxygen atoms in total. The van der Waals surface area contributed by atoms with Gasteiger partial charge >= 0.3 is 12.1 Å². The molecule has 15 aromatic rings. The van der Waals surface area contributed by atoms with Gasteiger partial charge in [0, 0.05) is 117 Å². The van der Waals surface area contributed by atoms with Gasteiger partial charge in [0.05, 0.1) is 105 Å². The van der Waals surface area contributed by atoms with Gasteiger partial charge in [-0.3, -0.25) is 35.0 Å². The Morgan fingerprint density at radius 3 is 1.21 bits per heavy atom. The number of urea groups is 2. The molecule has 104 heavy (non-hydrogen) atoms. The lowest BCUT2D eigenvalue weighted by Gasteiger charge is -2.32. The number of carbonyl (C=O) groups excluding carboxylic acids is 3. The second-order valence-electron chi connectivity index (χ2n) is 25.2. The number of aromatic nitrogens is 18. The second-order valence-corrected chi connectivity index (χ2v) is 25.2. The maximum absolute atomic E-state index is 12.8. The molecule has 2 saturated heterocycles. The van der Waals surface area contributed by atoms with Crippen molar-refractivity contribution in [2.24, 2.45) is 5.92 Å². The third kappa shape index (κ3) is 13.4. The third-order valence-corrected chi connectivity index (χ3v) is 18.0. The van der Waals surface area contributed by atoms with Gasteiger partial charge in [0.2, 0.25) is 23.0 Å². The molecule has 5 amide bonds. The highest BCUT2D eigenvalue weighted by molar-refractivity contribution is 6.01. The predicted molar refractivity (Wildman–Crippen MR) is 395 cm³/mol. The number of hydrogen-bond donors (Lipinski definition) is 9. The molecule has 12 aromatic heterocycles. The van der Waals surface area contributed by atoms with E-state index in [2.05, 4.69) is 145 Å². The molecule has 0 atom stereocenters. The van der Waals surface area contributed by atoms with Crippen LogP contribution >= 0.6 is 0 Å². The number of para-hydroxylation sites is 3. The molecule has 2 aliphatic rings. The average molecular weight is 1380 g/mol. The number of pyridine rings is 6. The fourth-order valence-corrected chi connectivity index (χ4v) is 12.4. The average Bonchev–Trinajstić information content (AvgIpc) is 1.63. The van der Waals surface area contributed by atoms with Crippen LogP contribution in [0, 0.1) is 25.6 Å². The van der Waals surface area contributed by atoms with Crippen molar-refractivity contribution in [3.63, 3.8) is 0 Å². The van der Waals surface area contributed by atoms with Crippen LogP contribution in [0.2, 0.25) is 0 Å². The number of hydrogen-bond acceptors (Lipinski definition) is 17. The van der Waals surface area contributed by atoms with Crippen molar-refractivity contribution in [3.8, 4) is 67.9 Å². The van der Waals surface area contributed by atoms with Crippen molar-refractivity contribution in [2.45, 2.75) is 12.8 Å². The lowest BCUT2D eigenvalue weighted by Crippen LogP contribution is -2.48. The van der Waals surface area contributed by atoms with Crippen molar-refractivity contribution in [2.75, 3.05) is 83.4 Å². The zero-order valence-electron chi connectivity index (χ0n) is 56.3. The Balaban J connectivity index is 0.000000126. The van der Waals surface area contributed by atoms with Gasteiger partial charge in [-0.15, -0.1) is 0 Å². The first-order valence-electron chi connectivity index (χ1n) is 32.9. The standard InChI is InChI=1S/C26H23N9O.C25H22N10O.C22H17N9O/c1-27-20-4-3-5-21-23(20)32-25(31-21)22-19-11-17(13-29-24(19)34-33-22)16-10-18(14-28-12-16)30-26(36)15-6-8-35(2)9-7-15;1-26-19-4-3-5-20-22(19)31-24(30-20)21-18-11-16(13-28-23(18)33-32-21)15-10-17(14-27-12-15)29-25(36)35-8-6-34(2)7-9-35;1-23-16-5-4-6-17-19(16)28-21(27-17)18-15-8-13(10-25-20(15)30-29-18)12-7-14(11-24-9-12)26-22(32)31(2)3/h3-5,10-15H,6-9H2,2H3,(H,30,36)(H,31,32)(H,29,33,34);3-5,10-14H,6-9H2,2H3,(H,29,36)(H,30,31)(H,28,32,33);4-11H,2-3H3,(H,26,32)(H,27,28)(H,25,29,30). The van der Waals surface area contributed by atoms with Gasteiger partial charge in [-0.25, -0.2) is 54.0 Å². The lowest BCUT2D eigenvalue weighted by molar-refractivity contribution is -0.121. The van der Waals surface area contributed by atoms with Gasteiger partial charge in [-0.05, 0) is 94.6 Å². The van der Waals surface area contributed by atoms with Crippen LogP contribution in [0.4, 0.5) is 43.7 Å². The van der Waals surface area contributed by atoms with Crippen LogP contribution in [-0.4, -0.2) is 195 Å². The number of rotatable bonds is 10. The Kier molecular flexibility index (Phi) is 17.8. The van der Waals surface area contributed by atoms with Crippen LogP contribution in [-0.2, 0) is 4.79 Å². The molecule has 0 aliphatic carbocycles. The van der Waals surface area contributed by atoms with Gasteiger partial charge in [-0.1, -0.05) is 36.4 Å². The maximum Gasteiger partial charge on any atom is 0.321 e. The number of imidazole rings is 3. The van der Waals surface area contributed by atoms with Crippen molar-refractivity contribution in [1.82, 2.24) is 110 Å². The van der Waals surface area contributed by atoms with Crippen LogP contribution in [0.25, 0.3) is 149 Å². The van der Waals surface area contributed by atoms with Gasteiger partial charge in [0.1, 0.15) is 17.1 Å². The number of benzene rings is 3. The molecule has 0 saturated carbocycles. The third-order valence-electron chi connectivity index (χ3n) is 18.0. The summed E-state index contributed by atoms with van der Waals surface area (Å²) in [5.41, 5.74) is 16.1. The fraction of sp³-hybridized carbons (Fsp3) is 0.178. The molecular formula is C73H62N28O3. The highest BCUT2D eigenvalue weighted by atomic mass is 16.2. The van der Waals surface area contributed by atoms with Gasteiger partial charge in [0.25, 0.3) is 0 Å². The first-order chi connectivity index (χ1) is 50.7. The normalized spacial score (nSPS) is 13.4. The number of nitrogens with one attached hydrogen (secondary N) is 9. The van der Waals surface area contributed by atoms with E-state index in [1.54, 1.807) is 88.1 Å². The number of amides is 5. The van der Waals surface area contributed by atoms with Crippen LogP contribution in [0.5, 0.6) is 0 Å². The van der Waals surface area contributed by atoms with E-state index in [1.165, 1.54) is 4.90 Å². The zero-order chi connectivity index (χ0) is 71.5. The second kappa shape index (κ2) is 28.2. The summed E-state index contributed by atoms with van der Waals surface area (Å²) in [6, 6.07) is 27.5. The summed E-state index contributed by atoms with van der Waals surface area (Å²) < 4.78 is 0. The molecule has 512 valence electrons. The van der Waals surface area contributed by atoms with E-state index in [1.807, 2.05) is 77.7 Å². The SMILES string of the molecule is [C-]#[N+]c1cccc2[nH]c(-c3[nH]nc4ncc(-c5cncc(NC(=O)C6CCN(C)CC6)c5)cc34)nc12.[C-]#[N+]c1cccc2[nH]c(-c3[nH]nc4ncc(-c5cncc(NC(=O)N(C)C)c5)cc34)nc12.[C-]#[N+]c1cccc2[nH]c(-c3[nH]nc4ncc(-c5cncc(NC(=O)N6CCN(C)CC6)c5)cc34)nc12. The molecule has 31 heteroatoms. The Morgan fingerprint density at radius 2 is 0.827 bits per heavy atom. The molecule has 9 N–H and O–H groups in total. The summed E-state index contributed by atoms with van der Waals surface area (Å²) >= 11 is 0. The number of likely N-dealkylation sites (tertiary alicyclic amines) is 1. The molecule has 0 radical (unpaired) electrons. The first-order valence-corrected chi connectivity index (χ1v) is 32.9. The number of carbonyl (C=O) groups is 3. The van der Waals surface area contributed by atoms with Crippen LogP contribution in [0.1, 0.15) is 12.8 Å². The largest absolute Gasteiger partial charge is 0.338 e. The number of piperidine rings is 1. The Morgan fingerprint density at radius 1 is 0.462 bits per heavy atom. The van der Waals surface area contributed by atoms with E-state index in [9.17, 15) is 14.4 Å².